The van der Waals surface area contributed by atoms with Gasteiger partial charge in [-0.1, -0.05) is 0 Å². The van der Waals surface area contributed by atoms with Crippen LogP contribution in [0.5, 0.6) is 11.5 Å². The number of fused-ring (bicyclic) bond motifs is 1. The van der Waals surface area contributed by atoms with Gasteiger partial charge >= 0.3 is 5.69 Å². The van der Waals surface area contributed by atoms with Gasteiger partial charge in [-0.3, -0.25) is 0 Å². The van der Waals surface area contributed by atoms with Gasteiger partial charge in [-0.05, 0) is 0 Å². The minimum atomic E-state index is -1.43. The monoisotopic (exact) mass is 192 g/mol. The van der Waals surface area contributed by atoms with Crippen LogP contribution in [-0.2, 0) is 0 Å². The highest BCUT2D eigenvalue weighted by Gasteiger charge is 2.23. The molecule has 0 radical (unpaired) electrons. The van der Waals surface area contributed by atoms with Crippen molar-refractivity contribution in [1.29, 1.82) is 5.39 Å². The normalized spacial score (nSPS) is 12.2. The average molecular weight is 192 g/mol. The van der Waals surface area contributed by atoms with Gasteiger partial charge in [0.25, 0.3) is 0 Å². The first-order chi connectivity index (χ1) is 6.72. The Morgan fingerprint density at radius 2 is 2.07 bits per heavy atom. The van der Waals surface area contributed by atoms with Crippen molar-refractivity contribution in [1.82, 2.24) is 0 Å². The predicted molar refractivity (Wildman–Crippen MR) is 41.6 cm³/mol. The number of hydrogen-bond acceptors (Lipinski definition) is 5. The zero-order valence-corrected chi connectivity index (χ0v) is 6.89. The summed E-state index contributed by atoms with van der Waals surface area (Å²) in [6.07, 6.45) is 0. The maximum absolute atomic E-state index is 10.6. The van der Waals surface area contributed by atoms with Crippen LogP contribution in [0.2, 0.25) is 0 Å². The standard InChI is InChI=1S/C8H4N2O4/c9-10-5-2-7-6(13-3-14-7)1-4(5)8(11)12/h1-2H,3H2. The van der Waals surface area contributed by atoms with E-state index >= 15 is 0 Å². The van der Waals surface area contributed by atoms with Crippen molar-refractivity contribution < 1.29 is 19.4 Å². The van der Waals surface area contributed by atoms with E-state index in [2.05, 4.69) is 4.98 Å². The van der Waals surface area contributed by atoms with Crippen LogP contribution in [0.4, 0.5) is 5.69 Å². The Kier molecular flexibility index (Phi) is 1.71. The van der Waals surface area contributed by atoms with Crippen LogP contribution in [-0.4, -0.2) is 12.8 Å². The molecule has 1 aromatic carbocycles. The van der Waals surface area contributed by atoms with Gasteiger partial charge in [0.1, 0.15) is 0 Å². The SMILES string of the molecule is N#[N+]c1cc2c(cc1C(=O)[O-])OCO2. The Morgan fingerprint density at radius 1 is 1.43 bits per heavy atom. The second-order valence-corrected chi connectivity index (χ2v) is 2.61. The summed E-state index contributed by atoms with van der Waals surface area (Å²) in [5.41, 5.74) is -0.356. The van der Waals surface area contributed by atoms with Crippen molar-refractivity contribution in [3.63, 3.8) is 0 Å². The zero-order valence-electron chi connectivity index (χ0n) is 6.89. The molecule has 0 aliphatic carbocycles. The summed E-state index contributed by atoms with van der Waals surface area (Å²) in [7, 11) is 0. The third kappa shape index (κ3) is 1.11. The quantitative estimate of drug-likeness (QED) is 0.595. The highest BCUT2D eigenvalue weighted by Crippen LogP contribution is 2.37. The van der Waals surface area contributed by atoms with Crippen molar-refractivity contribution >= 4 is 11.7 Å². The van der Waals surface area contributed by atoms with E-state index in [-0.39, 0.29) is 18.0 Å². The van der Waals surface area contributed by atoms with E-state index in [9.17, 15) is 9.90 Å². The smallest absolute Gasteiger partial charge is 0.397 e. The second-order valence-electron chi connectivity index (χ2n) is 2.61. The van der Waals surface area contributed by atoms with Gasteiger partial charge in [0.05, 0.1) is 17.6 Å². The van der Waals surface area contributed by atoms with Crippen LogP contribution in [0.1, 0.15) is 10.4 Å². The molecular formula is C8H4N2O4. The number of carbonyl (C=O) groups is 1. The third-order valence-corrected chi connectivity index (χ3v) is 1.82. The molecule has 1 aliphatic heterocycles. The van der Waals surface area contributed by atoms with E-state index in [1.165, 1.54) is 12.1 Å². The summed E-state index contributed by atoms with van der Waals surface area (Å²) in [5, 5.41) is 19.1. The molecule has 1 aliphatic rings. The third-order valence-electron chi connectivity index (χ3n) is 1.82. The minimum Gasteiger partial charge on any atom is -0.544 e. The molecule has 2 rings (SSSR count). The number of diazo groups is 1. The maximum atomic E-state index is 10.6. The molecule has 0 unspecified atom stereocenters. The second kappa shape index (κ2) is 2.88. The fourth-order valence-corrected chi connectivity index (χ4v) is 1.18. The fraction of sp³-hybridized carbons (Fsp3) is 0.125. The summed E-state index contributed by atoms with van der Waals surface area (Å²) in [5.74, 6) is -0.782. The van der Waals surface area contributed by atoms with E-state index in [1.54, 1.807) is 0 Å². The lowest BCUT2D eigenvalue weighted by atomic mass is 10.1. The number of aromatic carboxylic acids is 1. The highest BCUT2D eigenvalue weighted by molar-refractivity contribution is 5.94. The van der Waals surface area contributed by atoms with Gasteiger partial charge in [0.15, 0.2) is 16.5 Å². The van der Waals surface area contributed by atoms with Crippen LogP contribution in [0.25, 0.3) is 4.98 Å². The zero-order chi connectivity index (χ0) is 10.1. The van der Waals surface area contributed by atoms with E-state index in [0.29, 0.717) is 11.5 Å². The lowest BCUT2D eigenvalue weighted by molar-refractivity contribution is -0.254. The van der Waals surface area contributed by atoms with Crippen LogP contribution in [0, 0.1) is 5.39 Å². The predicted octanol–water partition coefficient (Wildman–Crippen LogP) is 0.263. The van der Waals surface area contributed by atoms with Crippen molar-refractivity contribution in [2.24, 2.45) is 0 Å². The van der Waals surface area contributed by atoms with Gasteiger partial charge in [-0.15, -0.1) is 0 Å². The van der Waals surface area contributed by atoms with Crippen LogP contribution < -0.4 is 14.6 Å². The number of carbonyl (C=O) groups excluding carboxylic acids is 1. The van der Waals surface area contributed by atoms with E-state index in [4.69, 9.17) is 14.9 Å². The summed E-state index contributed by atoms with van der Waals surface area (Å²) >= 11 is 0. The van der Waals surface area contributed by atoms with Crippen molar-refractivity contribution in [3.05, 3.63) is 22.7 Å². The van der Waals surface area contributed by atoms with Crippen molar-refractivity contribution in [2.45, 2.75) is 0 Å². The van der Waals surface area contributed by atoms with Gasteiger partial charge in [-0.2, -0.15) is 0 Å². The molecule has 1 heterocycles. The number of carboxylic acids is 1. The summed E-state index contributed by atoms with van der Waals surface area (Å²) in [6, 6.07) is 2.47. The van der Waals surface area contributed by atoms with E-state index < -0.39 is 5.97 Å². The van der Waals surface area contributed by atoms with Gasteiger partial charge in [0.2, 0.25) is 12.2 Å². The first-order valence-corrected chi connectivity index (χ1v) is 3.72. The van der Waals surface area contributed by atoms with Crippen molar-refractivity contribution in [3.8, 4) is 11.5 Å². The molecule has 0 atom stereocenters. The molecule has 1 aromatic rings. The molecule has 0 amide bonds. The molecule has 0 spiro atoms. The first-order valence-electron chi connectivity index (χ1n) is 3.72. The maximum Gasteiger partial charge on any atom is 0.397 e. The molecule has 0 N–H and O–H groups in total. The van der Waals surface area contributed by atoms with Gasteiger partial charge in [-0.25, -0.2) is 0 Å². The van der Waals surface area contributed by atoms with Crippen molar-refractivity contribution in [2.75, 3.05) is 6.79 Å². The molecule has 6 heteroatoms. The molecule has 0 saturated heterocycles. The molecular weight excluding hydrogens is 188 g/mol. The average Bonchev–Trinajstić information content (AvgIpc) is 2.62. The molecule has 0 saturated carbocycles. The molecule has 14 heavy (non-hydrogen) atoms. The minimum absolute atomic E-state index is 0.0245. The van der Waals surface area contributed by atoms with E-state index in [1.807, 2.05) is 0 Å². The number of rotatable bonds is 1. The van der Waals surface area contributed by atoms with Crippen LogP contribution in [0.15, 0.2) is 12.1 Å². The molecule has 70 valence electrons. The Bertz CT molecular complexity index is 449. The number of hydrogen-bond donors (Lipinski definition) is 0. The largest absolute Gasteiger partial charge is 0.544 e. The number of carboxylic acid groups (broad SMARTS) is 1. The molecule has 0 bridgehead atoms. The van der Waals surface area contributed by atoms with E-state index in [0.717, 1.165) is 0 Å². The van der Waals surface area contributed by atoms with Crippen LogP contribution >= 0.6 is 0 Å². The first kappa shape index (κ1) is 8.31. The Morgan fingerprint density at radius 3 is 2.64 bits per heavy atom. The molecule has 0 fully saturated rings. The summed E-state index contributed by atoms with van der Waals surface area (Å²) in [4.78, 5) is 13.4. The Labute approximate surface area is 78.3 Å². The molecule has 0 aromatic heterocycles. The molecule has 6 nitrogen and oxygen atoms in total. The lowest BCUT2D eigenvalue weighted by Crippen LogP contribution is -2.22. The van der Waals surface area contributed by atoms with Gasteiger partial charge in [0, 0.05) is 6.07 Å². The summed E-state index contributed by atoms with van der Waals surface area (Å²) < 4.78 is 9.92. The topological polar surface area (TPSA) is 86.7 Å². The number of benzene rings is 1. The number of nitrogens with zero attached hydrogens (tertiary/aromatic N) is 2. The Balaban J connectivity index is 2.61. The summed E-state index contributed by atoms with van der Waals surface area (Å²) in [6.45, 7) is 0.0245. The van der Waals surface area contributed by atoms with Gasteiger partial charge < -0.3 is 19.4 Å². The Hall–Kier alpha value is -2.29. The fourth-order valence-electron chi connectivity index (χ4n) is 1.18. The highest BCUT2D eigenvalue weighted by atomic mass is 16.7. The lowest BCUT2D eigenvalue weighted by Gasteiger charge is -1.99. The number of ether oxygens (including phenoxy) is 2. The van der Waals surface area contributed by atoms with Crippen LogP contribution in [0.3, 0.4) is 0 Å².